The average Bonchev–Trinajstić information content (AvgIpc) is 2.60. The molecule has 0 aliphatic rings. The Morgan fingerprint density at radius 1 is 1.04 bits per heavy atom. The number of benzene rings is 2. The number of carbonyl (C=O) groups excluding carboxylic acids is 2. The van der Waals surface area contributed by atoms with Crippen molar-refractivity contribution in [3.8, 4) is 0 Å². The van der Waals surface area contributed by atoms with E-state index in [0.717, 1.165) is 17.7 Å². The van der Waals surface area contributed by atoms with E-state index >= 15 is 0 Å². The van der Waals surface area contributed by atoms with Crippen LogP contribution in [0.3, 0.4) is 0 Å². The molecular weight excluding hydrogens is 371 g/mol. The Balaban J connectivity index is 2.06. The Bertz CT molecular complexity index is 773. The topological polar surface area (TPSA) is 49.4 Å². The van der Waals surface area contributed by atoms with E-state index in [4.69, 9.17) is 23.2 Å². The molecule has 0 saturated carbocycles. The Hall–Kier alpha value is -2.04. The molecule has 2 rings (SSSR count). The molecule has 6 heteroatoms. The van der Waals surface area contributed by atoms with Crippen molar-refractivity contribution in [3.63, 3.8) is 0 Å². The maximum Gasteiger partial charge on any atom is 0.244 e. The molecule has 0 heterocycles. The molecule has 0 fully saturated rings. The highest BCUT2D eigenvalue weighted by Crippen LogP contribution is 2.25. The van der Waals surface area contributed by atoms with Crippen molar-refractivity contribution in [3.05, 3.63) is 63.6 Å². The minimum absolute atomic E-state index is 0.0108. The number of amides is 2. The number of carbonyl (C=O) groups is 2. The molecule has 0 aliphatic carbocycles. The van der Waals surface area contributed by atoms with E-state index in [0.29, 0.717) is 22.2 Å². The lowest BCUT2D eigenvalue weighted by Crippen LogP contribution is -2.39. The molecule has 26 heavy (non-hydrogen) atoms. The van der Waals surface area contributed by atoms with E-state index in [1.165, 1.54) is 4.90 Å². The number of hydrogen-bond donors (Lipinski definition) is 1. The van der Waals surface area contributed by atoms with Crippen molar-refractivity contribution in [1.82, 2.24) is 4.90 Å². The SMILES string of the molecule is CCCN(CC(=O)Nc1ccccc1C)C(=O)Cc1c(Cl)cccc1Cl. The first-order valence-corrected chi connectivity index (χ1v) is 9.24. The van der Waals surface area contributed by atoms with Crippen molar-refractivity contribution in [1.29, 1.82) is 0 Å². The van der Waals surface area contributed by atoms with E-state index < -0.39 is 0 Å². The van der Waals surface area contributed by atoms with Crippen LogP contribution in [0.2, 0.25) is 10.0 Å². The fourth-order valence-electron chi connectivity index (χ4n) is 2.60. The molecule has 2 aromatic rings. The standard InChI is InChI=1S/C20H22Cl2N2O2/c1-3-11-24(13-19(25)23-18-10-5-4-7-14(18)2)20(26)12-15-16(21)8-6-9-17(15)22/h4-10H,3,11-13H2,1-2H3,(H,23,25). The highest BCUT2D eigenvalue weighted by Gasteiger charge is 2.19. The molecule has 4 nitrogen and oxygen atoms in total. The van der Waals surface area contributed by atoms with Gasteiger partial charge >= 0.3 is 0 Å². The van der Waals surface area contributed by atoms with Crippen molar-refractivity contribution < 1.29 is 9.59 Å². The summed E-state index contributed by atoms with van der Waals surface area (Å²) in [5, 5.41) is 3.76. The van der Waals surface area contributed by atoms with Gasteiger partial charge in [-0.15, -0.1) is 0 Å². The van der Waals surface area contributed by atoms with E-state index in [2.05, 4.69) is 5.32 Å². The lowest BCUT2D eigenvalue weighted by Gasteiger charge is -2.22. The van der Waals surface area contributed by atoms with Crippen LogP contribution in [0, 0.1) is 6.92 Å². The lowest BCUT2D eigenvalue weighted by atomic mass is 10.1. The van der Waals surface area contributed by atoms with Gasteiger partial charge < -0.3 is 10.2 Å². The minimum Gasteiger partial charge on any atom is -0.333 e. The van der Waals surface area contributed by atoms with Crippen LogP contribution in [-0.2, 0) is 16.0 Å². The summed E-state index contributed by atoms with van der Waals surface area (Å²) in [6, 6.07) is 12.7. The molecule has 0 spiro atoms. The van der Waals surface area contributed by atoms with E-state index in [-0.39, 0.29) is 24.8 Å². The maximum absolute atomic E-state index is 12.7. The fourth-order valence-corrected chi connectivity index (χ4v) is 3.13. The monoisotopic (exact) mass is 392 g/mol. The van der Waals surface area contributed by atoms with Gasteiger partial charge in [-0.05, 0) is 42.7 Å². The van der Waals surface area contributed by atoms with Crippen molar-refractivity contribution in [2.24, 2.45) is 0 Å². The Labute approximate surface area is 164 Å². The Kier molecular flexibility index (Phi) is 7.49. The van der Waals surface area contributed by atoms with Crippen LogP contribution in [0.1, 0.15) is 24.5 Å². The van der Waals surface area contributed by atoms with Gasteiger partial charge in [0.1, 0.15) is 0 Å². The molecule has 0 aliphatic heterocycles. The van der Waals surface area contributed by atoms with Crippen LogP contribution in [0.15, 0.2) is 42.5 Å². The summed E-state index contributed by atoms with van der Waals surface area (Å²) in [6.45, 7) is 4.36. The number of halogens is 2. The molecule has 0 atom stereocenters. The number of anilines is 1. The predicted molar refractivity (Wildman–Crippen MR) is 107 cm³/mol. The van der Waals surface area contributed by atoms with Crippen LogP contribution >= 0.6 is 23.2 Å². The van der Waals surface area contributed by atoms with Crippen LogP contribution in [0.5, 0.6) is 0 Å². The molecule has 0 saturated heterocycles. The number of nitrogens with zero attached hydrogens (tertiary/aromatic N) is 1. The summed E-state index contributed by atoms with van der Waals surface area (Å²) >= 11 is 12.3. The third-order valence-corrected chi connectivity index (χ3v) is 4.70. The second-order valence-electron chi connectivity index (χ2n) is 6.06. The van der Waals surface area contributed by atoms with Crippen molar-refractivity contribution in [2.75, 3.05) is 18.4 Å². The smallest absolute Gasteiger partial charge is 0.244 e. The zero-order valence-corrected chi connectivity index (χ0v) is 16.4. The second-order valence-corrected chi connectivity index (χ2v) is 6.87. The highest BCUT2D eigenvalue weighted by atomic mass is 35.5. The quantitative estimate of drug-likeness (QED) is 0.740. The third-order valence-electron chi connectivity index (χ3n) is 3.99. The number of aryl methyl sites for hydroxylation is 1. The van der Waals surface area contributed by atoms with Crippen molar-refractivity contribution >= 4 is 40.7 Å². The average molecular weight is 393 g/mol. The number of rotatable bonds is 7. The summed E-state index contributed by atoms with van der Waals surface area (Å²) in [4.78, 5) is 26.6. The molecule has 0 radical (unpaired) electrons. The van der Waals surface area contributed by atoms with Gasteiger partial charge in [0.05, 0.1) is 13.0 Å². The van der Waals surface area contributed by atoms with Crippen LogP contribution < -0.4 is 5.32 Å². The second kappa shape index (κ2) is 9.60. The van der Waals surface area contributed by atoms with E-state index in [1.807, 2.05) is 38.1 Å². The van der Waals surface area contributed by atoms with Crippen LogP contribution in [-0.4, -0.2) is 29.8 Å². The molecule has 0 bridgehead atoms. The minimum atomic E-state index is -0.230. The number of hydrogen-bond acceptors (Lipinski definition) is 2. The zero-order chi connectivity index (χ0) is 19.1. The number of para-hydroxylation sites is 1. The fraction of sp³-hybridized carbons (Fsp3) is 0.300. The lowest BCUT2D eigenvalue weighted by molar-refractivity contribution is -0.134. The summed E-state index contributed by atoms with van der Waals surface area (Å²) in [5.74, 6) is -0.409. The first-order valence-electron chi connectivity index (χ1n) is 8.48. The number of nitrogens with one attached hydrogen (secondary N) is 1. The Morgan fingerprint density at radius 3 is 2.31 bits per heavy atom. The largest absolute Gasteiger partial charge is 0.333 e. The molecule has 2 aromatic carbocycles. The molecule has 138 valence electrons. The highest BCUT2D eigenvalue weighted by molar-refractivity contribution is 6.36. The van der Waals surface area contributed by atoms with Gasteiger partial charge in [0, 0.05) is 22.3 Å². The Morgan fingerprint density at radius 2 is 1.69 bits per heavy atom. The van der Waals surface area contributed by atoms with Gasteiger partial charge in [-0.2, -0.15) is 0 Å². The summed E-state index contributed by atoms with van der Waals surface area (Å²) < 4.78 is 0. The molecule has 1 N–H and O–H groups in total. The molecule has 0 unspecified atom stereocenters. The third kappa shape index (κ3) is 5.48. The first-order chi connectivity index (χ1) is 12.4. The summed E-state index contributed by atoms with van der Waals surface area (Å²) in [5.41, 5.74) is 2.30. The van der Waals surface area contributed by atoms with E-state index in [1.54, 1.807) is 18.2 Å². The normalized spacial score (nSPS) is 10.5. The molecular formula is C20H22Cl2N2O2. The maximum atomic E-state index is 12.7. The summed E-state index contributed by atoms with van der Waals surface area (Å²) in [6.07, 6.45) is 0.815. The van der Waals surface area contributed by atoms with Crippen LogP contribution in [0.4, 0.5) is 5.69 Å². The van der Waals surface area contributed by atoms with Gasteiger partial charge in [-0.1, -0.05) is 54.4 Å². The first kappa shape index (κ1) is 20.3. The molecule has 2 amide bonds. The van der Waals surface area contributed by atoms with Gasteiger partial charge in [-0.3, -0.25) is 9.59 Å². The van der Waals surface area contributed by atoms with Crippen LogP contribution in [0.25, 0.3) is 0 Å². The summed E-state index contributed by atoms with van der Waals surface area (Å²) in [7, 11) is 0. The van der Waals surface area contributed by atoms with Gasteiger partial charge in [0.2, 0.25) is 11.8 Å². The van der Waals surface area contributed by atoms with E-state index in [9.17, 15) is 9.59 Å². The zero-order valence-electron chi connectivity index (χ0n) is 14.9. The molecule has 0 aromatic heterocycles. The van der Waals surface area contributed by atoms with Crippen molar-refractivity contribution in [2.45, 2.75) is 26.7 Å². The van der Waals surface area contributed by atoms with Gasteiger partial charge in [-0.25, -0.2) is 0 Å². The van der Waals surface area contributed by atoms with Gasteiger partial charge in [0.25, 0.3) is 0 Å². The van der Waals surface area contributed by atoms with Gasteiger partial charge in [0.15, 0.2) is 0 Å². The predicted octanol–water partition coefficient (Wildman–Crippen LogP) is 4.72.